The Labute approximate surface area is 95.2 Å². The fourth-order valence-electron chi connectivity index (χ4n) is 1.56. The number of hydrogen-bond donors (Lipinski definition) is 1. The van der Waals surface area contributed by atoms with Crippen LogP contribution >= 0.6 is 0 Å². The van der Waals surface area contributed by atoms with Gasteiger partial charge >= 0.3 is 0 Å². The van der Waals surface area contributed by atoms with Crippen molar-refractivity contribution in [3.8, 4) is 0 Å². The Morgan fingerprint density at radius 3 is 2.38 bits per heavy atom. The van der Waals surface area contributed by atoms with Gasteiger partial charge in [-0.3, -0.25) is 9.59 Å². The largest absolute Gasteiger partial charge is 0.338 e. The van der Waals surface area contributed by atoms with Gasteiger partial charge in [0.25, 0.3) is 0 Å². The van der Waals surface area contributed by atoms with Crippen LogP contribution in [0.3, 0.4) is 0 Å². The van der Waals surface area contributed by atoms with Crippen LogP contribution in [0.15, 0.2) is 30.9 Å². The lowest BCUT2D eigenvalue weighted by Crippen LogP contribution is -2.27. The molecule has 0 aliphatic carbocycles. The number of hydrogen-bond acceptors (Lipinski definition) is 2. The third-order valence-corrected chi connectivity index (χ3v) is 2.17. The molecule has 0 aliphatic rings. The molecular weight excluding hydrogens is 202 g/mol. The zero-order valence-electron chi connectivity index (χ0n) is 9.41. The van der Waals surface area contributed by atoms with Gasteiger partial charge in [-0.2, -0.15) is 0 Å². The van der Waals surface area contributed by atoms with Crippen LogP contribution in [0.25, 0.3) is 0 Å². The Kier molecular flexibility index (Phi) is 4.00. The summed E-state index contributed by atoms with van der Waals surface area (Å²) >= 11 is 0. The summed E-state index contributed by atoms with van der Waals surface area (Å²) < 4.78 is 0. The van der Waals surface area contributed by atoms with Crippen LogP contribution in [0.4, 0.5) is 0 Å². The Morgan fingerprint density at radius 1 is 1.38 bits per heavy atom. The number of rotatable bonds is 4. The summed E-state index contributed by atoms with van der Waals surface area (Å²) in [5, 5.41) is 2.51. The van der Waals surface area contributed by atoms with Crippen molar-refractivity contribution in [1.29, 1.82) is 0 Å². The molecule has 1 N–H and O–H groups in total. The maximum absolute atomic E-state index is 11.1. The molecule has 3 nitrogen and oxygen atoms in total. The van der Waals surface area contributed by atoms with E-state index < -0.39 is 6.04 Å². The van der Waals surface area contributed by atoms with Crippen LogP contribution < -0.4 is 5.32 Å². The highest BCUT2D eigenvalue weighted by atomic mass is 16.2. The second-order valence-corrected chi connectivity index (χ2v) is 3.68. The smallest absolute Gasteiger partial charge is 0.244 e. The van der Waals surface area contributed by atoms with Gasteiger partial charge in [-0.1, -0.05) is 35.9 Å². The predicted molar refractivity (Wildman–Crippen MR) is 62.7 cm³/mol. The van der Waals surface area contributed by atoms with Crippen molar-refractivity contribution in [1.82, 2.24) is 5.32 Å². The van der Waals surface area contributed by atoms with Gasteiger partial charge in [-0.05, 0) is 25.5 Å². The van der Waals surface area contributed by atoms with Crippen LogP contribution in [0.5, 0.6) is 0 Å². The van der Waals surface area contributed by atoms with E-state index in [2.05, 4.69) is 11.9 Å². The molecule has 1 aromatic carbocycles. The molecule has 1 aromatic rings. The van der Waals surface area contributed by atoms with Crippen molar-refractivity contribution < 1.29 is 9.59 Å². The Balaban J connectivity index is 2.98. The summed E-state index contributed by atoms with van der Waals surface area (Å²) in [6, 6.07) is 4.97. The first-order valence-electron chi connectivity index (χ1n) is 4.95. The molecule has 0 fully saturated rings. The zero-order valence-corrected chi connectivity index (χ0v) is 9.41. The van der Waals surface area contributed by atoms with E-state index in [1.807, 2.05) is 38.3 Å². The summed E-state index contributed by atoms with van der Waals surface area (Å²) in [7, 11) is 0. The van der Waals surface area contributed by atoms with E-state index in [-0.39, 0.29) is 5.91 Å². The minimum Gasteiger partial charge on any atom is -0.338 e. The molecule has 0 saturated carbocycles. The molecular formula is C13H14NO2. The Bertz CT molecular complexity index is 404. The molecule has 0 heterocycles. The van der Waals surface area contributed by atoms with E-state index in [1.165, 1.54) is 0 Å². The normalized spacial score (nSPS) is 11.6. The second-order valence-electron chi connectivity index (χ2n) is 3.68. The maximum Gasteiger partial charge on any atom is 0.244 e. The van der Waals surface area contributed by atoms with Crippen molar-refractivity contribution in [3.05, 3.63) is 47.5 Å². The van der Waals surface area contributed by atoms with E-state index in [0.717, 1.165) is 22.8 Å². The SMILES string of the molecule is C=CC(=O)NC([C]=O)c1cc(C)cc(C)c1. The lowest BCUT2D eigenvalue weighted by Gasteiger charge is -2.12. The average molecular weight is 216 g/mol. The molecule has 1 atom stereocenters. The molecule has 1 radical (unpaired) electrons. The van der Waals surface area contributed by atoms with Crippen molar-refractivity contribution >= 4 is 12.2 Å². The molecule has 0 saturated heterocycles. The Morgan fingerprint density at radius 2 is 1.94 bits per heavy atom. The van der Waals surface area contributed by atoms with Gasteiger partial charge < -0.3 is 5.32 Å². The summed E-state index contributed by atoms with van der Waals surface area (Å²) in [6.07, 6.45) is 2.94. The maximum atomic E-state index is 11.1. The molecule has 0 aromatic heterocycles. The molecule has 1 rings (SSSR count). The van der Waals surface area contributed by atoms with Crippen molar-refractivity contribution in [2.24, 2.45) is 0 Å². The van der Waals surface area contributed by atoms with Crippen LogP contribution in [0, 0.1) is 13.8 Å². The van der Waals surface area contributed by atoms with Crippen LogP contribution in [-0.2, 0) is 9.59 Å². The van der Waals surface area contributed by atoms with Gasteiger partial charge in [-0.25, -0.2) is 0 Å². The summed E-state index contributed by atoms with van der Waals surface area (Å²) in [6.45, 7) is 7.21. The van der Waals surface area contributed by atoms with E-state index in [4.69, 9.17) is 0 Å². The van der Waals surface area contributed by atoms with E-state index in [9.17, 15) is 9.59 Å². The number of carbonyl (C=O) groups is 1. The first-order valence-corrected chi connectivity index (χ1v) is 4.95. The highest BCUT2D eigenvalue weighted by Gasteiger charge is 2.13. The minimum absolute atomic E-state index is 0.382. The topological polar surface area (TPSA) is 46.2 Å². The number of nitrogens with one attached hydrogen (secondary N) is 1. The first-order chi connectivity index (χ1) is 7.56. The van der Waals surface area contributed by atoms with Gasteiger partial charge in [0.05, 0.1) is 0 Å². The van der Waals surface area contributed by atoms with Crippen LogP contribution in [0.1, 0.15) is 22.7 Å². The summed E-state index contributed by atoms with van der Waals surface area (Å²) in [5.74, 6) is -0.382. The second kappa shape index (κ2) is 5.26. The quantitative estimate of drug-likeness (QED) is 0.779. The summed E-state index contributed by atoms with van der Waals surface area (Å²) in [5.41, 5.74) is 2.83. The zero-order chi connectivity index (χ0) is 12.1. The average Bonchev–Trinajstić information content (AvgIpc) is 2.24. The Hall–Kier alpha value is -1.90. The molecule has 16 heavy (non-hydrogen) atoms. The predicted octanol–water partition coefficient (Wildman–Crippen LogP) is 1.76. The van der Waals surface area contributed by atoms with E-state index in [1.54, 1.807) is 0 Å². The van der Waals surface area contributed by atoms with E-state index >= 15 is 0 Å². The molecule has 83 valence electrons. The van der Waals surface area contributed by atoms with Gasteiger partial charge in [0.15, 0.2) is 0 Å². The number of carbonyl (C=O) groups excluding carboxylic acids is 2. The number of benzene rings is 1. The fourth-order valence-corrected chi connectivity index (χ4v) is 1.56. The van der Waals surface area contributed by atoms with Gasteiger partial charge in [0.2, 0.25) is 12.2 Å². The third kappa shape index (κ3) is 3.05. The number of aryl methyl sites for hydroxylation is 2. The van der Waals surface area contributed by atoms with Crippen molar-refractivity contribution in [2.75, 3.05) is 0 Å². The summed E-state index contributed by atoms with van der Waals surface area (Å²) in [4.78, 5) is 21.9. The molecule has 1 amide bonds. The van der Waals surface area contributed by atoms with Gasteiger partial charge in [-0.15, -0.1) is 0 Å². The molecule has 0 spiro atoms. The van der Waals surface area contributed by atoms with Gasteiger partial charge in [0.1, 0.15) is 6.04 Å². The lowest BCUT2D eigenvalue weighted by molar-refractivity contribution is -0.116. The number of amides is 1. The monoisotopic (exact) mass is 216 g/mol. The molecule has 3 heteroatoms. The highest BCUT2D eigenvalue weighted by molar-refractivity contribution is 5.89. The highest BCUT2D eigenvalue weighted by Crippen LogP contribution is 2.15. The van der Waals surface area contributed by atoms with Gasteiger partial charge in [0, 0.05) is 0 Å². The van der Waals surface area contributed by atoms with Crippen LogP contribution in [0.2, 0.25) is 0 Å². The van der Waals surface area contributed by atoms with Crippen molar-refractivity contribution in [3.63, 3.8) is 0 Å². The minimum atomic E-state index is -0.732. The standard InChI is InChI=1S/C13H14NO2/c1-4-13(16)14-12(8-15)11-6-9(2)5-10(3)7-11/h4-7,12H,1H2,2-3H3,(H,14,16). The molecule has 0 aliphatic heterocycles. The lowest BCUT2D eigenvalue weighted by atomic mass is 10.0. The molecule has 1 unspecified atom stereocenters. The van der Waals surface area contributed by atoms with Crippen LogP contribution in [-0.4, -0.2) is 12.2 Å². The third-order valence-electron chi connectivity index (χ3n) is 2.17. The molecule has 0 bridgehead atoms. The first kappa shape index (κ1) is 12.2. The fraction of sp³-hybridized carbons (Fsp3) is 0.231. The van der Waals surface area contributed by atoms with E-state index in [0.29, 0.717) is 0 Å². The van der Waals surface area contributed by atoms with Crippen molar-refractivity contribution in [2.45, 2.75) is 19.9 Å².